The van der Waals surface area contributed by atoms with Gasteiger partial charge < -0.3 is 24.3 Å². The van der Waals surface area contributed by atoms with E-state index in [4.69, 9.17) is 30.5 Å². The van der Waals surface area contributed by atoms with E-state index in [-0.39, 0.29) is 42.4 Å². The second kappa shape index (κ2) is 14.8. The highest BCUT2D eigenvalue weighted by molar-refractivity contribution is 6.76. The summed E-state index contributed by atoms with van der Waals surface area (Å²) < 4.78 is 22.4. The summed E-state index contributed by atoms with van der Waals surface area (Å²) in [6.07, 6.45) is 5.05. The first-order chi connectivity index (χ1) is 17.7. The quantitative estimate of drug-likeness (QED) is 0.123. The smallest absolute Gasteiger partial charge is 0.325 e. The summed E-state index contributed by atoms with van der Waals surface area (Å²) in [4.78, 5) is 20.8. The highest BCUT2D eigenvalue weighted by Gasteiger charge is 2.16. The molecule has 0 atom stereocenters. The normalized spacial score (nSPS) is 10.7. The van der Waals surface area contributed by atoms with Crippen molar-refractivity contribution in [3.8, 4) is 23.4 Å². The van der Waals surface area contributed by atoms with Crippen molar-refractivity contribution in [1.29, 1.82) is 5.26 Å². The molecule has 0 saturated carbocycles. The second-order valence-corrected chi connectivity index (χ2v) is 14.9. The molecule has 0 fully saturated rings. The van der Waals surface area contributed by atoms with Gasteiger partial charge in [-0.15, -0.1) is 6.58 Å². The summed E-state index contributed by atoms with van der Waals surface area (Å²) in [5, 5.41) is 14.7. The molecule has 198 valence electrons. The number of benzene rings is 1. The molecule has 0 aliphatic heterocycles. The van der Waals surface area contributed by atoms with Gasteiger partial charge in [0.25, 0.3) is 5.88 Å². The van der Waals surface area contributed by atoms with Crippen LogP contribution in [0.1, 0.15) is 12.1 Å². The Morgan fingerprint density at radius 3 is 2.59 bits per heavy atom. The number of carbonyl (C=O) groups excluding carboxylic acids is 1. The van der Waals surface area contributed by atoms with Crippen LogP contribution in [0.4, 0.5) is 16.3 Å². The predicted molar refractivity (Wildman–Crippen MR) is 146 cm³/mol. The van der Waals surface area contributed by atoms with Crippen molar-refractivity contribution >= 4 is 37.2 Å². The number of nitrogens with one attached hydrogen (secondary N) is 2. The van der Waals surface area contributed by atoms with Crippen LogP contribution in [0.5, 0.6) is 17.4 Å². The number of hydrogen-bond donors (Lipinski definition) is 2. The number of nitrogens with zero attached hydrogens (tertiary/aromatic N) is 3. The van der Waals surface area contributed by atoms with Crippen LogP contribution < -0.4 is 24.8 Å². The minimum Gasteiger partial charge on any atom is -0.487 e. The van der Waals surface area contributed by atoms with Crippen LogP contribution in [-0.4, -0.2) is 50.7 Å². The van der Waals surface area contributed by atoms with Crippen LogP contribution >= 0.6 is 11.6 Å². The van der Waals surface area contributed by atoms with Gasteiger partial charge in [0.2, 0.25) is 5.69 Å². The number of halogens is 1. The van der Waals surface area contributed by atoms with Crippen molar-refractivity contribution in [2.24, 2.45) is 0 Å². The average molecular weight is 546 g/mol. The van der Waals surface area contributed by atoms with Crippen LogP contribution in [0.25, 0.3) is 0 Å². The number of urea groups is 1. The van der Waals surface area contributed by atoms with Gasteiger partial charge in [-0.1, -0.05) is 50.0 Å². The third-order valence-electron chi connectivity index (χ3n) is 4.58. The van der Waals surface area contributed by atoms with E-state index in [2.05, 4.69) is 53.4 Å². The molecule has 0 radical (unpaired) electrons. The Labute approximate surface area is 223 Å². The number of ether oxygens (including phenoxy) is 4. The van der Waals surface area contributed by atoms with Gasteiger partial charge >= 0.3 is 6.03 Å². The van der Waals surface area contributed by atoms with Gasteiger partial charge in [-0.3, -0.25) is 5.32 Å². The summed E-state index contributed by atoms with van der Waals surface area (Å²) in [6.45, 7) is 15.2. The predicted octanol–water partition coefficient (Wildman–Crippen LogP) is 5.86. The van der Waals surface area contributed by atoms with E-state index in [1.165, 1.54) is 12.3 Å². The molecule has 0 unspecified atom stereocenters. The Bertz CT molecular complexity index is 1130. The van der Waals surface area contributed by atoms with Crippen LogP contribution in [0.3, 0.4) is 0 Å². The van der Waals surface area contributed by atoms with Crippen molar-refractivity contribution in [2.75, 3.05) is 37.2 Å². The van der Waals surface area contributed by atoms with Gasteiger partial charge in [-0.2, -0.15) is 10.2 Å². The fraction of sp³-hybridized carbons (Fsp3) is 0.360. The lowest BCUT2D eigenvalue weighted by atomic mass is 10.2. The van der Waals surface area contributed by atoms with Crippen LogP contribution in [0, 0.1) is 11.3 Å². The number of rotatable bonds is 15. The Hall–Kier alpha value is -3.59. The molecule has 37 heavy (non-hydrogen) atoms. The number of amides is 2. The molecule has 1 aromatic heterocycles. The fourth-order valence-electron chi connectivity index (χ4n) is 2.67. The molecule has 10 nitrogen and oxygen atoms in total. The van der Waals surface area contributed by atoms with Crippen molar-refractivity contribution in [3.63, 3.8) is 0 Å². The largest absolute Gasteiger partial charge is 0.487 e. The Kier molecular flexibility index (Phi) is 11.9. The standard InChI is InChI=1S/C25H32ClN5O5Si/c1-6-8-10-35-24-20(15-27)28-16-23(30-24)31-25(32)29-19-13-18(26)21(14-22(19)34-9-7-2)36-17-33-11-12-37(3,4)5/h6-7,13-14,16H,1-2,8-12,17H2,3-5H3,(H2,29,30,31,32). The lowest BCUT2D eigenvalue weighted by Crippen LogP contribution is -2.22. The zero-order valence-electron chi connectivity index (χ0n) is 21.3. The molecule has 2 rings (SSSR count). The van der Waals surface area contributed by atoms with Crippen LogP contribution in [0.2, 0.25) is 30.7 Å². The van der Waals surface area contributed by atoms with Crippen LogP contribution in [0.15, 0.2) is 43.6 Å². The first-order valence-corrected chi connectivity index (χ1v) is 15.6. The zero-order valence-corrected chi connectivity index (χ0v) is 23.1. The van der Waals surface area contributed by atoms with Gasteiger partial charge in [0.15, 0.2) is 12.6 Å². The first-order valence-electron chi connectivity index (χ1n) is 11.5. The fourth-order valence-corrected chi connectivity index (χ4v) is 3.65. The minimum absolute atomic E-state index is 0.00182. The van der Waals surface area contributed by atoms with Gasteiger partial charge in [0.05, 0.1) is 23.5 Å². The Morgan fingerprint density at radius 2 is 1.92 bits per heavy atom. The average Bonchev–Trinajstić information content (AvgIpc) is 2.84. The van der Waals surface area contributed by atoms with Crippen molar-refractivity contribution in [1.82, 2.24) is 9.97 Å². The summed E-state index contributed by atoms with van der Waals surface area (Å²) in [5.41, 5.74) is 0.294. The van der Waals surface area contributed by atoms with Gasteiger partial charge in [-0.25, -0.2) is 9.78 Å². The summed E-state index contributed by atoms with van der Waals surface area (Å²) in [7, 11) is -1.20. The topological polar surface area (TPSA) is 128 Å². The van der Waals surface area contributed by atoms with E-state index in [9.17, 15) is 10.1 Å². The van der Waals surface area contributed by atoms with E-state index in [1.807, 2.05) is 6.07 Å². The molecule has 1 aromatic carbocycles. The van der Waals surface area contributed by atoms with E-state index in [0.717, 1.165) is 6.04 Å². The van der Waals surface area contributed by atoms with Crippen molar-refractivity contribution in [3.05, 3.63) is 54.4 Å². The van der Waals surface area contributed by atoms with E-state index in [1.54, 1.807) is 18.2 Å². The Balaban J connectivity index is 2.10. The number of nitriles is 1. The molecule has 0 aliphatic rings. The lowest BCUT2D eigenvalue weighted by Gasteiger charge is -2.17. The van der Waals surface area contributed by atoms with E-state index >= 15 is 0 Å². The molecule has 1 heterocycles. The molecule has 2 amide bonds. The van der Waals surface area contributed by atoms with Gasteiger partial charge in [-0.05, 0) is 18.5 Å². The SMILES string of the molecule is C=CCCOc1nc(NC(=O)Nc2cc(Cl)c(OCOCC[Si](C)(C)C)cc2OCC=C)cnc1C#N. The van der Waals surface area contributed by atoms with Crippen LogP contribution in [-0.2, 0) is 4.74 Å². The Morgan fingerprint density at radius 1 is 1.14 bits per heavy atom. The molecule has 2 N–H and O–H groups in total. The number of carbonyl (C=O) groups is 1. The molecule has 0 aliphatic carbocycles. The highest BCUT2D eigenvalue weighted by Crippen LogP contribution is 2.36. The second-order valence-electron chi connectivity index (χ2n) is 8.89. The van der Waals surface area contributed by atoms with Gasteiger partial charge in [0, 0.05) is 20.7 Å². The highest BCUT2D eigenvalue weighted by atomic mass is 35.5. The number of hydrogen-bond acceptors (Lipinski definition) is 8. The molecule has 2 aromatic rings. The monoisotopic (exact) mass is 545 g/mol. The maximum absolute atomic E-state index is 12.7. The summed E-state index contributed by atoms with van der Waals surface area (Å²) in [6, 6.07) is 5.35. The zero-order chi connectivity index (χ0) is 27.3. The third kappa shape index (κ3) is 10.5. The molecular formula is C25H32ClN5O5Si. The van der Waals surface area contributed by atoms with Crippen molar-refractivity contribution < 1.29 is 23.7 Å². The van der Waals surface area contributed by atoms with E-state index in [0.29, 0.717) is 30.2 Å². The number of anilines is 2. The maximum atomic E-state index is 12.7. The lowest BCUT2D eigenvalue weighted by molar-refractivity contribution is 0.0220. The molecule has 0 bridgehead atoms. The van der Waals surface area contributed by atoms with Crippen molar-refractivity contribution in [2.45, 2.75) is 32.1 Å². The third-order valence-corrected chi connectivity index (χ3v) is 6.58. The summed E-state index contributed by atoms with van der Waals surface area (Å²) >= 11 is 6.38. The number of aromatic nitrogens is 2. The summed E-state index contributed by atoms with van der Waals surface area (Å²) in [5.74, 6) is 0.754. The molecule has 12 heteroatoms. The molecule has 0 saturated heterocycles. The molecular weight excluding hydrogens is 514 g/mol. The molecule has 0 spiro atoms. The van der Waals surface area contributed by atoms with Gasteiger partial charge in [0.1, 0.15) is 24.2 Å². The minimum atomic E-state index is -1.20. The maximum Gasteiger partial charge on any atom is 0.325 e. The van der Waals surface area contributed by atoms with E-state index < -0.39 is 14.1 Å². The first kappa shape index (κ1) is 29.6.